The number of hydrogen-bond acceptors (Lipinski definition) is 5. The average Bonchev–Trinajstić information content (AvgIpc) is 2.53. The van der Waals surface area contributed by atoms with Crippen molar-refractivity contribution in [1.29, 1.82) is 0 Å². The minimum absolute atomic E-state index is 0.0595. The molecule has 0 unspecified atom stereocenters. The van der Waals surface area contributed by atoms with Crippen molar-refractivity contribution in [1.82, 2.24) is 4.98 Å². The van der Waals surface area contributed by atoms with Gasteiger partial charge in [-0.15, -0.1) is 0 Å². The van der Waals surface area contributed by atoms with Gasteiger partial charge in [0, 0.05) is 17.3 Å². The molecule has 0 N–H and O–H groups in total. The first-order valence-electron chi connectivity index (χ1n) is 6.64. The highest BCUT2D eigenvalue weighted by Crippen LogP contribution is 2.21. The molecule has 5 nitrogen and oxygen atoms in total. The zero-order valence-corrected chi connectivity index (χ0v) is 11.9. The predicted octanol–water partition coefficient (Wildman–Crippen LogP) is 2.79. The smallest absolute Gasteiger partial charge is 0.344 e. The van der Waals surface area contributed by atoms with E-state index >= 15 is 0 Å². The molecular formula is C16H14FNO4. The van der Waals surface area contributed by atoms with E-state index in [2.05, 4.69) is 4.98 Å². The molecule has 0 amide bonds. The van der Waals surface area contributed by atoms with Crippen LogP contribution in [0.1, 0.15) is 33.2 Å². The molecule has 0 aliphatic heterocycles. The minimum Gasteiger partial charge on any atom is -0.472 e. The highest BCUT2D eigenvalue weighted by atomic mass is 19.1. The van der Waals surface area contributed by atoms with Gasteiger partial charge in [0.25, 0.3) is 0 Å². The lowest BCUT2D eigenvalue weighted by atomic mass is 10.1. The fourth-order valence-corrected chi connectivity index (χ4v) is 1.83. The Morgan fingerprint density at radius 3 is 2.77 bits per heavy atom. The van der Waals surface area contributed by atoms with E-state index in [0.717, 1.165) is 0 Å². The monoisotopic (exact) mass is 303 g/mol. The molecule has 22 heavy (non-hydrogen) atoms. The van der Waals surface area contributed by atoms with Crippen LogP contribution in [0.5, 0.6) is 5.88 Å². The zero-order chi connectivity index (χ0) is 15.9. The number of halogens is 1. The zero-order valence-electron chi connectivity index (χ0n) is 11.9. The number of carbonyl (C=O) groups is 2. The largest absolute Gasteiger partial charge is 0.472 e. The van der Waals surface area contributed by atoms with E-state index in [1.165, 1.54) is 18.3 Å². The molecule has 0 bridgehead atoms. The van der Waals surface area contributed by atoms with Crippen molar-refractivity contribution in [2.45, 2.75) is 13.5 Å². The molecule has 0 saturated carbocycles. The van der Waals surface area contributed by atoms with Crippen molar-refractivity contribution in [3.63, 3.8) is 0 Å². The van der Waals surface area contributed by atoms with E-state index in [0.29, 0.717) is 11.8 Å². The molecule has 0 spiro atoms. The van der Waals surface area contributed by atoms with Gasteiger partial charge < -0.3 is 9.47 Å². The number of ether oxygens (including phenoxy) is 2. The van der Waals surface area contributed by atoms with Gasteiger partial charge in [0.1, 0.15) is 18.0 Å². The molecule has 1 aromatic carbocycles. The molecule has 1 heterocycles. The van der Waals surface area contributed by atoms with E-state index in [9.17, 15) is 14.0 Å². The number of hydrogen-bond donors (Lipinski definition) is 0. The van der Waals surface area contributed by atoms with E-state index in [-0.39, 0.29) is 30.2 Å². The first-order chi connectivity index (χ1) is 10.7. The molecule has 0 atom stereocenters. The summed E-state index contributed by atoms with van der Waals surface area (Å²) in [6, 6.07) is 7.48. The standard InChI is InChI=1S/C16H14FNO4/c1-2-21-16(20)14-11(9-19)7-8-18-15(14)22-10-12-5-3-4-6-13(12)17/h3-9H,2,10H2,1H3. The summed E-state index contributed by atoms with van der Waals surface area (Å²) >= 11 is 0. The maximum absolute atomic E-state index is 13.6. The maximum Gasteiger partial charge on any atom is 0.344 e. The Balaban J connectivity index is 2.28. The second-order valence-electron chi connectivity index (χ2n) is 4.30. The minimum atomic E-state index is -0.707. The molecule has 0 radical (unpaired) electrons. The third kappa shape index (κ3) is 3.46. The molecule has 2 rings (SSSR count). The molecule has 1 aromatic heterocycles. The Morgan fingerprint density at radius 2 is 2.09 bits per heavy atom. The molecular weight excluding hydrogens is 289 g/mol. The summed E-state index contributed by atoms with van der Waals surface area (Å²) in [5, 5.41) is 0. The van der Waals surface area contributed by atoms with E-state index in [4.69, 9.17) is 9.47 Å². The second-order valence-corrected chi connectivity index (χ2v) is 4.30. The summed E-state index contributed by atoms with van der Waals surface area (Å²) in [5.74, 6) is -1.20. The number of nitrogens with zero attached hydrogens (tertiary/aromatic N) is 1. The third-order valence-electron chi connectivity index (χ3n) is 2.88. The quantitative estimate of drug-likeness (QED) is 0.606. The van der Waals surface area contributed by atoms with Gasteiger partial charge in [-0.05, 0) is 19.1 Å². The third-order valence-corrected chi connectivity index (χ3v) is 2.88. The number of pyridine rings is 1. The topological polar surface area (TPSA) is 65.5 Å². The number of esters is 1. The van der Waals surface area contributed by atoms with Crippen LogP contribution in [0.15, 0.2) is 36.5 Å². The van der Waals surface area contributed by atoms with Crippen LogP contribution in [-0.4, -0.2) is 23.8 Å². The van der Waals surface area contributed by atoms with Crippen LogP contribution in [0.25, 0.3) is 0 Å². The van der Waals surface area contributed by atoms with Crippen LogP contribution in [0.3, 0.4) is 0 Å². The molecule has 0 fully saturated rings. The molecule has 0 saturated heterocycles. The molecule has 0 aliphatic rings. The van der Waals surface area contributed by atoms with Gasteiger partial charge in [0.05, 0.1) is 6.61 Å². The molecule has 0 aliphatic carbocycles. The van der Waals surface area contributed by atoms with Crippen molar-refractivity contribution >= 4 is 12.3 Å². The van der Waals surface area contributed by atoms with Crippen molar-refractivity contribution in [2.24, 2.45) is 0 Å². The Morgan fingerprint density at radius 1 is 1.32 bits per heavy atom. The average molecular weight is 303 g/mol. The first kappa shape index (κ1) is 15.6. The van der Waals surface area contributed by atoms with Crippen LogP contribution in [0, 0.1) is 5.82 Å². The lowest BCUT2D eigenvalue weighted by Crippen LogP contribution is -2.12. The van der Waals surface area contributed by atoms with Gasteiger partial charge >= 0.3 is 5.97 Å². The molecule has 114 valence electrons. The van der Waals surface area contributed by atoms with Gasteiger partial charge in [0.15, 0.2) is 6.29 Å². The second kappa shape index (κ2) is 7.31. The van der Waals surface area contributed by atoms with Gasteiger partial charge in [-0.25, -0.2) is 14.2 Å². The summed E-state index contributed by atoms with van der Waals surface area (Å²) in [4.78, 5) is 26.9. The summed E-state index contributed by atoms with van der Waals surface area (Å²) in [6.45, 7) is 1.68. The van der Waals surface area contributed by atoms with E-state index in [1.807, 2.05) is 0 Å². The fraction of sp³-hybridized carbons (Fsp3) is 0.188. The van der Waals surface area contributed by atoms with Gasteiger partial charge in [-0.3, -0.25) is 4.79 Å². The van der Waals surface area contributed by atoms with Crippen LogP contribution >= 0.6 is 0 Å². The number of aldehydes is 1. The van der Waals surface area contributed by atoms with E-state index in [1.54, 1.807) is 25.1 Å². The summed E-state index contributed by atoms with van der Waals surface area (Å²) < 4.78 is 23.9. The van der Waals surface area contributed by atoms with Crippen molar-refractivity contribution < 1.29 is 23.5 Å². The number of carbonyl (C=O) groups excluding carboxylic acids is 2. The Kier molecular flexibility index (Phi) is 5.19. The summed E-state index contributed by atoms with van der Waals surface area (Å²) in [6.07, 6.45) is 1.85. The highest BCUT2D eigenvalue weighted by molar-refractivity contribution is 6.00. The Bertz CT molecular complexity index is 688. The van der Waals surface area contributed by atoms with Gasteiger partial charge in [-0.2, -0.15) is 0 Å². The summed E-state index contributed by atoms with van der Waals surface area (Å²) in [7, 11) is 0. The maximum atomic E-state index is 13.6. The highest BCUT2D eigenvalue weighted by Gasteiger charge is 2.20. The van der Waals surface area contributed by atoms with Crippen molar-refractivity contribution in [2.75, 3.05) is 6.61 Å². The number of aromatic nitrogens is 1. The van der Waals surface area contributed by atoms with Crippen LogP contribution in [-0.2, 0) is 11.3 Å². The van der Waals surface area contributed by atoms with Crippen LogP contribution in [0.4, 0.5) is 4.39 Å². The Labute approximate surface area is 126 Å². The lowest BCUT2D eigenvalue weighted by Gasteiger charge is -2.11. The van der Waals surface area contributed by atoms with Crippen molar-refractivity contribution in [3.05, 3.63) is 59.0 Å². The van der Waals surface area contributed by atoms with Crippen molar-refractivity contribution in [3.8, 4) is 5.88 Å². The van der Waals surface area contributed by atoms with Gasteiger partial charge in [0.2, 0.25) is 5.88 Å². The number of benzene rings is 1. The summed E-state index contributed by atoms with van der Waals surface area (Å²) in [5.41, 5.74) is 0.364. The lowest BCUT2D eigenvalue weighted by molar-refractivity contribution is 0.0517. The Hall–Kier alpha value is -2.76. The van der Waals surface area contributed by atoms with Gasteiger partial charge in [-0.1, -0.05) is 18.2 Å². The normalized spacial score (nSPS) is 10.1. The predicted molar refractivity (Wildman–Crippen MR) is 76.3 cm³/mol. The first-order valence-corrected chi connectivity index (χ1v) is 6.64. The van der Waals surface area contributed by atoms with Crippen LogP contribution < -0.4 is 4.74 Å². The fourth-order valence-electron chi connectivity index (χ4n) is 1.83. The van der Waals surface area contributed by atoms with Crippen LogP contribution in [0.2, 0.25) is 0 Å². The van der Waals surface area contributed by atoms with E-state index < -0.39 is 11.8 Å². The molecule has 2 aromatic rings. The number of rotatable bonds is 6. The molecule has 6 heteroatoms. The SMILES string of the molecule is CCOC(=O)c1c(C=O)ccnc1OCc1ccccc1F.